The van der Waals surface area contributed by atoms with E-state index in [2.05, 4.69) is 24.5 Å². The summed E-state index contributed by atoms with van der Waals surface area (Å²) in [5, 5.41) is 195. The number of carbonyl (C=O) groups excluding carboxylic acids is 3. The van der Waals surface area contributed by atoms with Gasteiger partial charge in [-0.1, -0.05) is 226 Å². The molecule has 2 amide bonds. The molecule has 0 spiro atoms. The van der Waals surface area contributed by atoms with Crippen LogP contribution in [0, 0.1) is 5.92 Å². The lowest BCUT2D eigenvalue weighted by Crippen LogP contribution is -2.71. The number of nitrogens with one attached hydrogen (secondary N) is 2. The lowest BCUT2D eigenvalue weighted by atomic mass is 9.86. The van der Waals surface area contributed by atoms with E-state index in [1.54, 1.807) is 0 Å². The van der Waals surface area contributed by atoms with Crippen molar-refractivity contribution in [1.82, 2.24) is 10.6 Å². The number of carbonyl (C=O) groups is 4. The summed E-state index contributed by atoms with van der Waals surface area (Å²) in [4.78, 5) is 53.3. The largest absolute Gasteiger partial charge is 0.477 e. The first-order chi connectivity index (χ1) is 54.3. The van der Waals surface area contributed by atoms with Crippen LogP contribution >= 0.6 is 0 Å². The molecule has 28 atom stereocenters. The molecule has 33 heteroatoms. The first-order valence-corrected chi connectivity index (χ1v) is 42.6. The summed E-state index contributed by atoms with van der Waals surface area (Å²) in [6, 6.07) is -2.80. The van der Waals surface area contributed by atoms with Crippen molar-refractivity contribution in [1.29, 1.82) is 0 Å². The van der Waals surface area contributed by atoms with E-state index >= 15 is 0 Å². The molecule has 662 valence electrons. The first-order valence-electron chi connectivity index (χ1n) is 42.6. The van der Waals surface area contributed by atoms with E-state index in [0.717, 1.165) is 71.6 Å². The molecule has 113 heavy (non-hydrogen) atoms. The lowest BCUT2D eigenvalue weighted by Gasteiger charge is -2.52. The van der Waals surface area contributed by atoms with Gasteiger partial charge in [0.2, 0.25) is 11.8 Å². The zero-order chi connectivity index (χ0) is 83.0. The molecule has 5 saturated heterocycles. The Morgan fingerprint density at radius 3 is 1.34 bits per heavy atom. The smallest absolute Gasteiger partial charge is 0.364 e. The van der Waals surface area contributed by atoms with Gasteiger partial charge in [-0.25, -0.2) is 4.79 Å². The zero-order valence-corrected chi connectivity index (χ0v) is 67.5. The van der Waals surface area contributed by atoms with Gasteiger partial charge in [-0.05, 0) is 19.8 Å². The number of unbranched alkanes of at least 4 members (excludes halogenated alkanes) is 32. The van der Waals surface area contributed by atoms with Crippen LogP contribution in [0.15, 0.2) is 0 Å². The third kappa shape index (κ3) is 32.8. The topological polar surface area (TPSA) is 529 Å². The van der Waals surface area contributed by atoms with Gasteiger partial charge < -0.3 is 150 Å². The van der Waals surface area contributed by atoms with Crippen LogP contribution in [0.2, 0.25) is 0 Å². The molecule has 0 bridgehead atoms. The minimum atomic E-state index is -3.36. The molecule has 5 aliphatic rings. The third-order valence-electron chi connectivity index (χ3n) is 22.7. The minimum Gasteiger partial charge on any atom is -0.477 e. The summed E-state index contributed by atoms with van der Waals surface area (Å²) < 4.78 is 60.6. The van der Waals surface area contributed by atoms with Gasteiger partial charge in [0.05, 0.1) is 70.0 Å². The summed E-state index contributed by atoms with van der Waals surface area (Å²) in [7, 11) is 0. The Morgan fingerprint density at radius 1 is 0.451 bits per heavy atom. The van der Waals surface area contributed by atoms with E-state index in [1.165, 1.54) is 148 Å². The molecule has 0 saturated carbocycles. The van der Waals surface area contributed by atoms with Crippen molar-refractivity contribution in [2.75, 3.05) is 39.6 Å². The van der Waals surface area contributed by atoms with E-state index in [1.807, 2.05) is 0 Å². The highest BCUT2D eigenvalue weighted by molar-refractivity contribution is 5.77. The fraction of sp³-hybridized carbons (Fsp3) is 0.950. The number of ketones is 1. The Bertz CT molecular complexity index is 2560. The van der Waals surface area contributed by atoms with E-state index in [0.29, 0.717) is 12.8 Å². The summed E-state index contributed by atoms with van der Waals surface area (Å²) in [6.07, 6.45) is -9.95. The molecule has 5 aliphatic heterocycles. The van der Waals surface area contributed by atoms with Crippen molar-refractivity contribution in [3.8, 4) is 0 Å². The van der Waals surface area contributed by atoms with Crippen LogP contribution in [0.25, 0.3) is 0 Å². The highest BCUT2D eigenvalue weighted by atomic mass is 16.8. The molecule has 0 aliphatic carbocycles. The predicted octanol–water partition coefficient (Wildman–Crippen LogP) is 2.61. The van der Waals surface area contributed by atoms with Crippen LogP contribution in [0.1, 0.15) is 272 Å². The van der Waals surface area contributed by atoms with Crippen molar-refractivity contribution in [2.45, 2.75) is 437 Å². The van der Waals surface area contributed by atoms with Gasteiger partial charge in [0.15, 0.2) is 25.2 Å². The van der Waals surface area contributed by atoms with Gasteiger partial charge in [-0.3, -0.25) is 9.59 Å². The van der Waals surface area contributed by atoms with E-state index < -0.39 is 241 Å². The number of ether oxygens (including phenoxy) is 10. The second-order valence-electron chi connectivity index (χ2n) is 32.1. The number of carboxylic acids is 1. The Balaban J connectivity index is 1.33. The number of hydrogen-bond donors (Lipinski definition) is 19. The summed E-state index contributed by atoms with van der Waals surface area (Å²) in [5.74, 6) is -9.02. The van der Waals surface area contributed by atoms with Crippen molar-refractivity contribution in [2.24, 2.45) is 5.92 Å². The van der Waals surface area contributed by atoms with Crippen LogP contribution in [0.4, 0.5) is 0 Å². The van der Waals surface area contributed by atoms with Crippen molar-refractivity contribution < 1.29 is 153 Å². The Kier molecular flexibility index (Phi) is 49.0. The summed E-state index contributed by atoms with van der Waals surface area (Å²) in [6.45, 7) is 0.639. The Hall–Kier alpha value is -2.96. The molecule has 0 aromatic carbocycles. The Morgan fingerprint density at radius 2 is 0.867 bits per heavy atom. The number of aliphatic hydroxyl groups is 16. The van der Waals surface area contributed by atoms with Gasteiger partial charge >= 0.3 is 5.97 Å². The number of Topliss-reactive ketones (excluding diaryl/α,β-unsaturated/α-hetero) is 1. The highest BCUT2D eigenvalue weighted by Crippen LogP contribution is 2.43. The Labute approximate surface area is 667 Å². The lowest BCUT2D eigenvalue weighted by molar-refractivity contribution is -0.406. The standard InChI is InChI=1S/C80H146N2O31/c1-5-7-9-11-13-15-17-19-20-21-22-23-24-25-26-28-30-32-34-36-38-40-60(93)82-52(53(90)39-37-35-33-31-29-27-18-16-14-12-10-8-6-2)48-104-76-68(100)66(98)71(58(46-86)107-76)110-78-69(101)74(113-80(79(102)103)42-54(91)61(81-50(4)89)73(112-80)62(94)55(92)43-83)72(59(47-87)108-78)111-75-51(41-49(3)88)70(64(96)57(45-85)105-75)109-77-67(99)65(97)63(95)56(44-84)106-77/h51-59,61-78,83-87,90-92,94-101H,5-48H2,1-4H3,(H,81,89)(H,82,93)(H,102,103). The monoisotopic (exact) mass is 1630 g/mol. The van der Waals surface area contributed by atoms with Crippen LogP contribution in [-0.4, -0.2) is 315 Å². The van der Waals surface area contributed by atoms with Crippen molar-refractivity contribution in [3.05, 3.63) is 0 Å². The normalized spacial score (nSPS) is 33.4. The number of aliphatic carboxylic acids is 1. The quantitative estimate of drug-likeness (QED) is 0.0389. The minimum absolute atomic E-state index is 0.162. The molecule has 5 heterocycles. The molecule has 19 N–H and O–H groups in total. The van der Waals surface area contributed by atoms with Crippen molar-refractivity contribution >= 4 is 23.6 Å². The average molecular weight is 1630 g/mol. The molecular weight excluding hydrogens is 1480 g/mol. The number of amides is 2. The number of rotatable bonds is 60. The molecule has 5 fully saturated rings. The second kappa shape index (κ2) is 55.1. The molecular formula is C80H146N2O31. The zero-order valence-electron chi connectivity index (χ0n) is 67.5. The fourth-order valence-electron chi connectivity index (χ4n) is 15.9. The molecule has 28 unspecified atom stereocenters. The van der Waals surface area contributed by atoms with Crippen LogP contribution in [0.3, 0.4) is 0 Å². The summed E-state index contributed by atoms with van der Waals surface area (Å²) >= 11 is 0. The molecule has 0 aromatic rings. The SMILES string of the molecule is CCCCCCCCCCCCCCCCCCCCCCCC(=O)NC(COC1OC(CO)C(OC2OC(CO)C(OC3OC(CO)C(O)C(OC4OC(CO)C(O)C(O)C4O)C3CC(C)=O)C(OC3(C(=O)O)CC(O)C(NC(C)=O)C(C(O)C(O)CO)O3)C2O)C(O)C1O)C(O)CCCCCCCCCCCCCCC. The maximum Gasteiger partial charge on any atom is 0.364 e. The molecule has 0 aromatic heterocycles. The number of hydrogen-bond acceptors (Lipinski definition) is 30. The van der Waals surface area contributed by atoms with E-state index in [4.69, 9.17) is 47.4 Å². The average Bonchev–Trinajstić information content (AvgIpc) is 0.767. The molecule has 5 rings (SSSR count). The second-order valence-corrected chi connectivity index (χ2v) is 32.1. The maximum atomic E-state index is 13.9. The van der Waals surface area contributed by atoms with Gasteiger partial charge in [0.1, 0.15) is 110 Å². The van der Waals surface area contributed by atoms with Crippen LogP contribution in [-0.2, 0) is 66.5 Å². The third-order valence-corrected chi connectivity index (χ3v) is 22.7. The molecule has 33 nitrogen and oxygen atoms in total. The number of carboxylic acid groups (broad SMARTS) is 1. The first kappa shape index (κ1) is 101. The van der Waals surface area contributed by atoms with Gasteiger partial charge in [-0.2, -0.15) is 0 Å². The van der Waals surface area contributed by atoms with Gasteiger partial charge in [-0.15, -0.1) is 0 Å². The van der Waals surface area contributed by atoms with E-state index in [9.17, 15) is 106 Å². The number of aliphatic hydroxyl groups excluding tert-OH is 16. The van der Waals surface area contributed by atoms with Crippen molar-refractivity contribution in [3.63, 3.8) is 0 Å². The predicted molar refractivity (Wildman–Crippen MR) is 407 cm³/mol. The van der Waals surface area contributed by atoms with Gasteiger partial charge in [0, 0.05) is 32.1 Å². The molecule has 0 radical (unpaired) electrons. The fourth-order valence-corrected chi connectivity index (χ4v) is 15.9. The van der Waals surface area contributed by atoms with Crippen LogP contribution < -0.4 is 10.6 Å². The van der Waals surface area contributed by atoms with Gasteiger partial charge in [0.25, 0.3) is 5.79 Å². The summed E-state index contributed by atoms with van der Waals surface area (Å²) in [5.41, 5.74) is 0. The highest BCUT2D eigenvalue weighted by Gasteiger charge is 2.62. The van der Waals surface area contributed by atoms with E-state index in [-0.39, 0.29) is 18.7 Å². The van der Waals surface area contributed by atoms with Crippen LogP contribution in [0.5, 0.6) is 0 Å². The maximum absolute atomic E-state index is 13.9.